The van der Waals surface area contributed by atoms with Crippen LogP contribution in [-0.2, 0) is 4.79 Å². The predicted octanol–water partition coefficient (Wildman–Crippen LogP) is 2.60. The molecule has 0 bridgehead atoms. The maximum Gasteiger partial charge on any atom is 0.315 e. The van der Waals surface area contributed by atoms with Crippen molar-refractivity contribution < 1.29 is 14.7 Å². The normalized spacial score (nSPS) is 32.6. The van der Waals surface area contributed by atoms with Crippen LogP contribution in [0, 0.1) is 5.92 Å². The Labute approximate surface area is 130 Å². The highest BCUT2D eigenvalue weighted by Crippen LogP contribution is 2.30. The number of thioether (sulfide) groups is 1. The van der Waals surface area contributed by atoms with E-state index in [4.69, 9.17) is 0 Å². The minimum atomic E-state index is -0.791. The zero-order valence-electron chi connectivity index (χ0n) is 12.6. The first-order valence-corrected chi connectivity index (χ1v) is 9.08. The second-order valence-electron chi connectivity index (χ2n) is 5.98. The van der Waals surface area contributed by atoms with E-state index in [1.54, 1.807) is 0 Å². The number of nitrogens with one attached hydrogen (secondary N) is 2. The average molecular weight is 314 g/mol. The molecule has 4 atom stereocenters. The van der Waals surface area contributed by atoms with E-state index >= 15 is 0 Å². The van der Waals surface area contributed by atoms with Gasteiger partial charge in [0.15, 0.2) is 0 Å². The van der Waals surface area contributed by atoms with Gasteiger partial charge in [0, 0.05) is 17.3 Å². The number of rotatable bonds is 5. The van der Waals surface area contributed by atoms with Crippen LogP contribution >= 0.6 is 11.8 Å². The molecule has 21 heavy (non-hydrogen) atoms. The van der Waals surface area contributed by atoms with Crippen LogP contribution in [0.25, 0.3) is 0 Å². The van der Waals surface area contributed by atoms with Crippen molar-refractivity contribution in [3.63, 3.8) is 0 Å². The van der Waals surface area contributed by atoms with Crippen molar-refractivity contribution in [2.75, 3.05) is 5.75 Å². The topological polar surface area (TPSA) is 78.4 Å². The van der Waals surface area contributed by atoms with Crippen LogP contribution in [-0.4, -0.2) is 40.2 Å². The molecule has 6 heteroatoms. The molecule has 2 aliphatic rings. The highest BCUT2D eigenvalue weighted by Gasteiger charge is 2.33. The summed E-state index contributed by atoms with van der Waals surface area (Å²) in [5, 5.41) is 15.7. The molecule has 5 nitrogen and oxygen atoms in total. The fourth-order valence-electron chi connectivity index (χ4n) is 3.48. The van der Waals surface area contributed by atoms with Crippen molar-refractivity contribution in [3.05, 3.63) is 0 Å². The molecule has 2 fully saturated rings. The SMILES string of the molecule is CCSC1CCCC1NC(=O)NC1CCCCC1C(=O)O. The van der Waals surface area contributed by atoms with E-state index in [1.807, 2.05) is 11.8 Å². The zero-order chi connectivity index (χ0) is 15.2. The number of carboxylic acids is 1. The largest absolute Gasteiger partial charge is 0.481 e. The van der Waals surface area contributed by atoms with Crippen LogP contribution in [0.4, 0.5) is 4.79 Å². The minimum Gasteiger partial charge on any atom is -0.481 e. The molecule has 0 aromatic carbocycles. The van der Waals surface area contributed by atoms with Crippen LogP contribution in [0.2, 0.25) is 0 Å². The minimum absolute atomic E-state index is 0.193. The van der Waals surface area contributed by atoms with Crippen molar-refractivity contribution in [3.8, 4) is 0 Å². The van der Waals surface area contributed by atoms with E-state index in [2.05, 4.69) is 17.6 Å². The molecule has 2 rings (SSSR count). The Kier molecular flexibility index (Phi) is 6.21. The van der Waals surface area contributed by atoms with Gasteiger partial charge in [-0.25, -0.2) is 4.79 Å². The van der Waals surface area contributed by atoms with Crippen LogP contribution in [0.5, 0.6) is 0 Å². The third-order valence-electron chi connectivity index (χ3n) is 4.55. The van der Waals surface area contributed by atoms with Crippen molar-refractivity contribution in [2.45, 2.75) is 69.2 Å². The van der Waals surface area contributed by atoms with Gasteiger partial charge in [-0.15, -0.1) is 0 Å². The van der Waals surface area contributed by atoms with Crippen LogP contribution in [0.15, 0.2) is 0 Å². The Balaban J connectivity index is 1.84. The lowest BCUT2D eigenvalue weighted by Gasteiger charge is -2.30. The van der Waals surface area contributed by atoms with Crippen molar-refractivity contribution in [1.29, 1.82) is 0 Å². The standard InChI is InChI=1S/C15H26N2O3S/c1-2-21-13-9-5-8-12(13)17-15(20)16-11-7-4-3-6-10(11)14(18)19/h10-13H,2-9H2,1H3,(H,18,19)(H2,16,17,20). The number of carbonyl (C=O) groups is 2. The van der Waals surface area contributed by atoms with Crippen LogP contribution < -0.4 is 10.6 Å². The van der Waals surface area contributed by atoms with Crippen molar-refractivity contribution in [1.82, 2.24) is 10.6 Å². The second kappa shape index (κ2) is 7.92. The number of hydrogen-bond acceptors (Lipinski definition) is 3. The summed E-state index contributed by atoms with van der Waals surface area (Å²) in [7, 11) is 0. The lowest BCUT2D eigenvalue weighted by Crippen LogP contribution is -2.52. The monoisotopic (exact) mass is 314 g/mol. The highest BCUT2D eigenvalue weighted by atomic mass is 32.2. The lowest BCUT2D eigenvalue weighted by atomic mass is 9.84. The molecule has 0 radical (unpaired) electrons. The molecule has 0 spiro atoms. The Bertz CT molecular complexity index is 378. The molecular weight excluding hydrogens is 288 g/mol. The molecule has 0 aromatic heterocycles. The first-order chi connectivity index (χ1) is 10.1. The third kappa shape index (κ3) is 4.53. The summed E-state index contributed by atoms with van der Waals surface area (Å²) in [6.07, 6.45) is 6.70. The van der Waals surface area contributed by atoms with Gasteiger partial charge in [-0.05, 0) is 31.4 Å². The molecule has 3 N–H and O–H groups in total. The van der Waals surface area contributed by atoms with E-state index in [9.17, 15) is 14.7 Å². The second-order valence-corrected chi connectivity index (χ2v) is 7.50. The van der Waals surface area contributed by atoms with Crippen molar-refractivity contribution >= 4 is 23.8 Å². The quantitative estimate of drug-likeness (QED) is 0.729. The third-order valence-corrected chi connectivity index (χ3v) is 5.88. The van der Waals surface area contributed by atoms with Gasteiger partial charge in [-0.3, -0.25) is 4.79 Å². The molecule has 120 valence electrons. The molecule has 0 heterocycles. The van der Waals surface area contributed by atoms with Crippen LogP contribution in [0.1, 0.15) is 51.9 Å². The van der Waals surface area contributed by atoms with Gasteiger partial charge in [0.05, 0.1) is 5.92 Å². The van der Waals surface area contributed by atoms with E-state index in [-0.39, 0.29) is 18.1 Å². The number of aliphatic carboxylic acids is 1. The fraction of sp³-hybridized carbons (Fsp3) is 0.867. The first-order valence-electron chi connectivity index (χ1n) is 8.03. The molecular formula is C15H26N2O3S. The van der Waals surface area contributed by atoms with E-state index in [1.165, 1.54) is 0 Å². The van der Waals surface area contributed by atoms with Crippen molar-refractivity contribution in [2.24, 2.45) is 5.92 Å². The van der Waals surface area contributed by atoms with Gasteiger partial charge < -0.3 is 15.7 Å². The Morgan fingerprint density at radius 2 is 1.71 bits per heavy atom. The number of amides is 2. The highest BCUT2D eigenvalue weighted by molar-refractivity contribution is 7.99. The summed E-state index contributed by atoms with van der Waals surface area (Å²) in [5.41, 5.74) is 0. The van der Waals surface area contributed by atoms with Gasteiger partial charge in [0.1, 0.15) is 0 Å². The maximum atomic E-state index is 12.2. The number of carbonyl (C=O) groups excluding carboxylic acids is 1. The molecule has 0 saturated heterocycles. The average Bonchev–Trinajstić information content (AvgIpc) is 2.86. The molecule has 2 aliphatic carbocycles. The van der Waals surface area contributed by atoms with E-state index in [0.717, 1.165) is 44.3 Å². The summed E-state index contributed by atoms with van der Waals surface area (Å²) in [6, 6.07) is -0.196. The number of hydrogen-bond donors (Lipinski definition) is 3. The van der Waals surface area contributed by atoms with E-state index < -0.39 is 11.9 Å². The molecule has 4 unspecified atom stereocenters. The first kappa shape index (κ1) is 16.5. The molecule has 2 saturated carbocycles. The Morgan fingerprint density at radius 1 is 1.05 bits per heavy atom. The summed E-state index contributed by atoms with van der Waals surface area (Å²) in [4.78, 5) is 23.4. The smallest absolute Gasteiger partial charge is 0.315 e. The Hall–Kier alpha value is -0.910. The molecule has 2 amide bonds. The summed E-state index contributed by atoms with van der Waals surface area (Å²) in [5.74, 6) is -0.164. The maximum absolute atomic E-state index is 12.2. The number of carboxylic acid groups (broad SMARTS) is 1. The predicted molar refractivity (Wildman–Crippen MR) is 84.6 cm³/mol. The summed E-state index contributed by atoms with van der Waals surface area (Å²) >= 11 is 1.90. The van der Waals surface area contributed by atoms with Gasteiger partial charge in [0.2, 0.25) is 0 Å². The van der Waals surface area contributed by atoms with Crippen LogP contribution in [0.3, 0.4) is 0 Å². The Morgan fingerprint density at radius 3 is 2.43 bits per heavy atom. The lowest BCUT2D eigenvalue weighted by molar-refractivity contribution is -0.143. The number of urea groups is 1. The summed E-state index contributed by atoms with van der Waals surface area (Å²) < 4.78 is 0. The van der Waals surface area contributed by atoms with Gasteiger partial charge in [-0.2, -0.15) is 11.8 Å². The zero-order valence-corrected chi connectivity index (χ0v) is 13.5. The molecule has 0 aromatic rings. The van der Waals surface area contributed by atoms with E-state index in [0.29, 0.717) is 11.7 Å². The summed E-state index contributed by atoms with van der Waals surface area (Å²) in [6.45, 7) is 2.14. The fourth-order valence-corrected chi connectivity index (χ4v) is 4.68. The van der Waals surface area contributed by atoms with Gasteiger partial charge in [-0.1, -0.05) is 26.2 Å². The van der Waals surface area contributed by atoms with Gasteiger partial charge in [0.25, 0.3) is 0 Å². The van der Waals surface area contributed by atoms with Gasteiger partial charge >= 0.3 is 12.0 Å². The molecule has 0 aliphatic heterocycles.